The van der Waals surface area contributed by atoms with Crippen LogP contribution in [0.2, 0.25) is 0 Å². The molecule has 1 aromatic rings. The summed E-state index contributed by atoms with van der Waals surface area (Å²) in [5, 5.41) is 11.6. The highest BCUT2D eigenvalue weighted by molar-refractivity contribution is 6.78. The maximum Gasteiger partial charge on any atom is 0.226 e. The smallest absolute Gasteiger partial charge is 0.226 e. The maximum absolute atomic E-state index is 11.6. The zero-order valence-corrected chi connectivity index (χ0v) is 13.2. The number of halogens is 7. The van der Waals surface area contributed by atoms with E-state index < -0.39 is 18.2 Å². The summed E-state index contributed by atoms with van der Waals surface area (Å²) in [5.41, 5.74) is -0.0698. The van der Waals surface area contributed by atoms with E-state index in [9.17, 15) is 5.11 Å². The molecule has 1 nitrogen and oxygen atoms in total. The summed E-state index contributed by atoms with van der Waals surface area (Å²) >= 11 is 40.6. The zero-order chi connectivity index (χ0) is 13.5. The SMILES string of the molecule is [O]c1ccccc1C(Cl)(Cl)C(Cl)(Cl)C(Cl)(Cl)Cl. The lowest BCUT2D eigenvalue weighted by Gasteiger charge is -2.37. The Kier molecular flexibility index (Phi) is 4.93. The van der Waals surface area contributed by atoms with Crippen molar-refractivity contribution in [3.8, 4) is 5.75 Å². The molecule has 0 spiro atoms. The topological polar surface area (TPSA) is 19.9 Å². The van der Waals surface area contributed by atoms with Crippen molar-refractivity contribution in [3.05, 3.63) is 29.8 Å². The van der Waals surface area contributed by atoms with Gasteiger partial charge in [0.15, 0.2) is 10.1 Å². The Labute approximate surface area is 133 Å². The molecule has 1 aromatic carbocycles. The van der Waals surface area contributed by atoms with Crippen LogP contribution in [0.25, 0.3) is 0 Å². The summed E-state index contributed by atoms with van der Waals surface area (Å²) in [6, 6.07) is 5.66. The van der Waals surface area contributed by atoms with E-state index in [1.807, 2.05) is 0 Å². The highest BCUT2D eigenvalue weighted by atomic mass is 35.6. The standard InChI is InChI=1S/C9H4Cl7O/c10-7(11,8(12,13)9(14,15)16)5-3-1-2-4-6(5)17/h1-4H. The van der Waals surface area contributed by atoms with Gasteiger partial charge in [0, 0.05) is 5.56 Å². The lowest BCUT2D eigenvalue weighted by Crippen LogP contribution is -2.45. The second-order valence-corrected chi connectivity index (χ2v) is 8.08. The van der Waals surface area contributed by atoms with Crippen molar-refractivity contribution in [2.24, 2.45) is 0 Å². The first-order chi connectivity index (χ1) is 7.52. The molecule has 95 valence electrons. The third kappa shape index (κ3) is 2.97. The van der Waals surface area contributed by atoms with Crippen LogP contribution in [0.15, 0.2) is 24.3 Å². The fourth-order valence-corrected chi connectivity index (χ4v) is 2.59. The summed E-state index contributed by atoms with van der Waals surface area (Å²) in [6.07, 6.45) is 0. The predicted octanol–water partition coefficient (Wildman–Crippen LogP) is 6.00. The molecule has 0 N–H and O–H groups in total. The van der Waals surface area contributed by atoms with Gasteiger partial charge in [0.1, 0.15) is 0 Å². The number of alkyl halides is 7. The number of benzene rings is 1. The minimum Gasteiger partial charge on any atom is -0.290 e. The summed E-state index contributed by atoms with van der Waals surface area (Å²) in [4.78, 5) is 0. The van der Waals surface area contributed by atoms with Crippen molar-refractivity contribution < 1.29 is 5.11 Å². The van der Waals surface area contributed by atoms with Crippen LogP contribution >= 0.6 is 81.2 Å². The molecule has 0 saturated carbocycles. The van der Waals surface area contributed by atoms with Crippen LogP contribution < -0.4 is 0 Å². The van der Waals surface area contributed by atoms with E-state index in [0.29, 0.717) is 0 Å². The third-order valence-corrected chi connectivity index (χ3v) is 5.90. The molecule has 1 rings (SSSR count). The van der Waals surface area contributed by atoms with Crippen molar-refractivity contribution >= 4 is 81.2 Å². The van der Waals surface area contributed by atoms with Crippen molar-refractivity contribution in [3.63, 3.8) is 0 Å². The zero-order valence-electron chi connectivity index (χ0n) is 7.86. The summed E-state index contributed by atoms with van der Waals surface area (Å²) in [6.45, 7) is 0. The average Bonchev–Trinajstić information content (AvgIpc) is 2.16. The Balaban J connectivity index is 3.34. The molecular weight excluding hydrogens is 372 g/mol. The fraction of sp³-hybridized carbons (Fsp3) is 0.333. The lowest BCUT2D eigenvalue weighted by molar-refractivity contribution is 0.347. The van der Waals surface area contributed by atoms with Crippen molar-refractivity contribution in [2.75, 3.05) is 0 Å². The number of rotatable bonds is 2. The Morgan fingerprint density at radius 2 is 1.29 bits per heavy atom. The molecule has 0 aromatic heterocycles. The molecule has 0 amide bonds. The molecule has 0 atom stereocenters. The molecule has 0 unspecified atom stereocenters. The van der Waals surface area contributed by atoms with E-state index in [4.69, 9.17) is 81.2 Å². The Morgan fingerprint density at radius 1 is 0.824 bits per heavy atom. The Bertz CT molecular complexity index is 410. The number of para-hydroxylation sites is 1. The van der Waals surface area contributed by atoms with E-state index in [1.54, 1.807) is 6.07 Å². The largest absolute Gasteiger partial charge is 0.290 e. The van der Waals surface area contributed by atoms with E-state index in [1.165, 1.54) is 18.2 Å². The number of hydrogen-bond donors (Lipinski definition) is 0. The highest BCUT2D eigenvalue weighted by Gasteiger charge is 2.61. The van der Waals surface area contributed by atoms with Crippen molar-refractivity contribution in [1.29, 1.82) is 0 Å². The minimum atomic E-state index is -2.20. The van der Waals surface area contributed by atoms with Gasteiger partial charge in [-0.1, -0.05) is 99.4 Å². The first-order valence-electron chi connectivity index (χ1n) is 4.10. The van der Waals surface area contributed by atoms with Gasteiger partial charge in [-0.25, -0.2) is 0 Å². The van der Waals surface area contributed by atoms with Crippen molar-refractivity contribution in [2.45, 2.75) is 12.5 Å². The second-order valence-electron chi connectivity index (χ2n) is 3.14. The molecule has 0 fully saturated rings. The van der Waals surface area contributed by atoms with Crippen LogP contribution in [0.3, 0.4) is 0 Å². The molecule has 1 radical (unpaired) electrons. The van der Waals surface area contributed by atoms with Gasteiger partial charge in [-0.2, -0.15) is 0 Å². The predicted molar refractivity (Wildman–Crippen MR) is 74.7 cm³/mol. The fourth-order valence-electron chi connectivity index (χ4n) is 1.07. The lowest BCUT2D eigenvalue weighted by atomic mass is 10.1. The maximum atomic E-state index is 11.6. The van der Waals surface area contributed by atoms with Crippen molar-refractivity contribution in [1.82, 2.24) is 0 Å². The molecule has 0 bridgehead atoms. The normalized spacial score (nSPS) is 13.8. The van der Waals surface area contributed by atoms with Crippen LogP contribution in [-0.2, 0) is 9.44 Å². The van der Waals surface area contributed by atoms with E-state index in [2.05, 4.69) is 0 Å². The van der Waals surface area contributed by atoms with Crippen LogP contribution in [0.4, 0.5) is 0 Å². The van der Waals surface area contributed by atoms with E-state index in [-0.39, 0.29) is 5.56 Å². The monoisotopic (exact) mass is 373 g/mol. The van der Waals surface area contributed by atoms with Gasteiger partial charge in [-0.05, 0) is 6.07 Å². The van der Waals surface area contributed by atoms with E-state index >= 15 is 0 Å². The third-order valence-electron chi connectivity index (χ3n) is 1.98. The van der Waals surface area contributed by atoms with Crippen LogP contribution in [0.5, 0.6) is 5.75 Å². The highest BCUT2D eigenvalue weighted by Crippen LogP contribution is 2.61. The summed E-state index contributed by atoms with van der Waals surface area (Å²) in [5.74, 6) is -0.461. The van der Waals surface area contributed by atoms with Gasteiger partial charge in [0.25, 0.3) is 0 Å². The van der Waals surface area contributed by atoms with Gasteiger partial charge in [-0.15, -0.1) is 0 Å². The van der Waals surface area contributed by atoms with Crippen LogP contribution in [0, 0.1) is 0 Å². The Morgan fingerprint density at radius 3 is 1.71 bits per heavy atom. The molecule has 0 heterocycles. The van der Waals surface area contributed by atoms with Gasteiger partial charge in [0.05, 0.1) is 0 Å². The molecule has 8 heteroatoms. The second kappa shape index (κ2) is 5.20. The summed E-state index contributed by atoms with van der Waals surface area (Å²) < 4.78 is -6.45. The summed E-state index contributed by atoms with van der Waals surface area (Å²) in [7, 11) is 0. The molecule has 17 heavy (non-hydrogen) atoms. The van der Waals surface area contributed by atoms with Gasteiger partial charge in [0.2, 0.25) is 8.13 Å². The molecule has 0 aliphatic heterocycles. The first kappa shape index (κ1) is 16.1. The Hall–Kier alpha value is 1.05. The molecule has 0 aliphatic rings. The molecule has 0 aliphatic carbocycles. The van der Waals surface area contributed by atoms with Crippen LogP contribution in [-0.4, -0.2) is 8.13 Å². The molecule has 0 saturated heterocycles. The number of hydrogen-bond acceptors (Lipinski definition) is 0. The van der Waals surface area contributed by atoms with E-state index in [0.717, 1.165) is 0 Å². The quantitative estimate of drug-likeness (QED) is 0.564. The first-order valence-corrected chi connectivity index (χ1v) is 6.75. The minimum absolute atomic E-state index is 0.0698. The van der Waals surface area contributed by atoms with Crippen LogP contribution in [0.1, 0.15) is 5.56 Å². The van der Waals surface area contributed by atoms with Gasteiger partial charge >= 0.3 is 0 Å². The average molecular weight is 376 g/mol. The molecular formula is C9H4Cl7O. The van der Waals surface area contributed by atoms with Gasteiger partial charge in [-0.3, -0.25) is 5.11 Å². The van der Waals surface area contributed by atoms with Gasteiger partial charge < -0.3 is 0 Å².